The molecule has 0 aliphatic carbocycles. The molecule has 0 saturated carbocycles. The third-order valence-corrected chi connectivity index (χ3v) is 4.14. The van der Waals surface area contributed by atoms with Crippen molar-refractivity contribution >= 4 is 5.91 Å². The van der Waals surface area contributed by atoms with Crippen molar-refractivity contribution < 1.29 is 4.79 Å². The zero-order chi connectivity index (χ0) is 15.2. The third-order valence-electron chi connectivity index (χ3n) is 4.14. The highest BCUT2D eigenvalue weighted by Crippen LogP contribution is 2.14. The number of piperidine rings is 1. The zero-order valence-corrected chi connectivity index (χ0v) is 13.5. The van der Waals surface area contributed by atoms with E-state index < -0.39 is 0 Å². The summed E-state index contributed by atoms with van der Waals surface area (Å²) in [5.41, 5.74) is 1.25. The summed E-state index contributed by atoms with van der Waals surface area (Å²) in [6.45, 7) is 9.77. The Labute approximate surface area is 127 Å². The smallest absolute Gasteiger partial charge is 0.225 e. The van der Waals surface area contributed by atoms with Gasteiger partial charge in [-0.05, 0) is 19.3 Å². The second kappa shape index (κ2) is 7.59. The lowest BCUT2D eigenvalue weighted by Gasteiger charge is -2.33. The number of hydrogen-bond acceptors (Lipinski definition) is 3. The molecule has 1 fully saturated rings. The van der Waals surface area contributed by atoms with Gasteiger partial charge in [0, 0.05) is 44.3 Å². The SMILES string of the molecule is CCCn1cncc1CNC1CCN(C(=O)C(C)C)CC1. The fourth-order valence-electron chi connectivity index (χ4n) is 2.86. The number of likely N-dealkylation sites (tertiary alicyclic amines) is 1. The quantitative estimate of drug-likeness (QED) is 0.873. The molecule has 5 nitrogen and oxygen atoms in total. The molecule has 2 heterocycles. The minimum Gasteiger partial charge on any atom is -0.342 e. The van der Waals surface area contributed by atoms with Gasteiger partial charge in [-0.3, -0.25) is 4.79 Å². The highest BCUT2D eigenvalue weighted by atomic mass is 16.2. The number of rotatable bonds is 6. The Morgan fingerprint density at radius 2 is 2.14 bits per heavy atom. The molecule has 0 atom stereocenters. The van der Waals surface area contributed by atoms with Crippen LogP contribution in [0.3, 0.4) is 0 Å². The van der Waals surface area contributed by atoms with Crippen molar-refractivity contribution in [1.82, 2.24) is 19.8 Å². The van der Waals surface area contributed by atoms with Gasteiger partial charge in [0.05, 0.1) is 12.0 Å². The summed E-state index contributed by atoms with van der Waals surface area (Å²) in [7, 11) is 0. The number of nitrogens with zero attached hydrogens (tertiary/aromatic N) is 3. The molecule has 1 N–H and O–H groups in total. The maximum Gasteiger partial charge on any atom is 0.225 e. The first-order valence-electron chi connectivity index (χ1n) is 8.13. The van der Waals surface area contributed by atoms with E-state index in [0.29, 0.717) is 6.04 Å². The first kappa shape index (κ1) is 16.0. The number of hydrogen-bond donors (Lipinski definition) is 1. The van der Waals surface area contributed by atoms with Gasteiger partial charge in [-0.2, -0.15) is 0 Å². The number of imidazole rings is 1. The standard InChI is InChI=1S/C16H28N4O/c1-4-7-20-12-17-10-15(20)11-18-14-5-8-19(9-6-14)16(21)13(2)3/h10,12-14,18H,4-9,11H2,1-3H3. The number of carbonyl (C=O) groups excluding carboxylic acids is 1. The first-order chi connectivity index (χ1) is 10.1. The summed E-state index contributed by atoms with van der Waals surface area (Å²) in [5.74, 6) is 0.396. The van der Waals surface area contributed by atoms with Crippen molar-refractivity contribution in [3.8, 4) is 0 Å². The summed E-state index contributed by atoms with van der Waals surface area (Å²) in [6, 6.07) is 0.506. The second-order valence-corrected chi connectivity index (χ2v) is 6.21. The van der Waals surface area contributed by atoms with Crippen molar-refractivity contribution in [2.24, 2.45) is 5.92 Å². The van der Waals surface area contributed by atoms with E-state index in [-0.39, 0.29) is 11.8 Å². The molecule has 21 heavy (non-hydrogen) atoms. The summed E-state index contributed by atoms with van der Waals surface area (Å²) in [4.78, 5) is 18.2. The van der Waals surface area contributed by atoms with Gasteiger partial charge < -0.3 is 14.8 Å². The Kier molecular flexibility index (Phi) is 5.79. The van der Waals surface area contributed by atoms with Crippen LogP contribution in [0.4, 0.5) is 0 Å². The molecule has 2 rings (SSSR count). The van der Waals surface area contributed by atoms with Gasteiger partial charge in [-0.15, -0.1) is 0 Å². The Morgan fingerprint density at radius 3 is 2.76 bits per heavy atom. The average Bonchev–Trinajstić information content (AvgIpc) is 2.92. The minimum atomic E-state index is 0.109. The number of aromatic nitrogens is 2. The third kappa shape index (κ3) is 4.30. The van der Waals surface area contributed by atoms with Crippen LogP contribution in [0.25, 0.3) is 0 Å². The maximum atomic E-state index is 12.0. The molecular weight excluding hydrogens is 264 g/mol. The van der Waals surface area contributed by atoms with Gasteiger partial charge in [0.1, 0.15) is 0 Å². The van der Waals surface area contributed by atoms with Crippen molar-refractivity contribution in [1.29, 1.82) is 0 Å². The molecule has 0 aromatic carbocycles. The highest BCUT2D eigenvalue weighted by molar-refractivity contribution is 5.78. The molecule has 1 aliphatic rings. The van der Waals surface area contributed by atoms with Gasteiger partial charge in [0.25, 0.3) is 0 Å². The van der Waals surface area contributed by atoms with E-state index in [1.807, 2.05) is 31.3 Å². The predicted molar refractivity (Wildman–Crippen MR) is 83.8 cm³/mol. The summed E-state index contributed by atoms with van der Waals surface area (Å²) >= 11 is 0. The van der Waals surface area contributed by atoms with E-state index in [2.05, 4.69) is 21.8 Å². The second-order valence-electron chi connectivity index (χ2n) is 6.21. The zero-order valence-electron chi connectivity index (χ0n) is 13.5. The molecule has 1 aliphatic heterocycles. The van der Waals surface area contributed by atoms with Crippen LogP contribution in [0.1, 0.15) is 45.7 Å². The molecule has 0 unspecified atom stereocenters. The minimum absolute atomic E-state index is 0.109. The number of aryl methyl sites for hydroxylation is 1. The lowest BCUT2D eigenvalue weighted by atomic mass is 10.0. The fourth-order valence-corrected chi connectivity index (χ4v) is 2.86. The summed E-state index contributed by atoms with van der Waals surface area (Å²) in [6.07, 6.45) is 7.06. The van der Waals surface area contributed by atoms with Crippen LogP contribution in [0.5, 0.6) is 0 Å². The number of amides is 1. The monoisotopic (exact) mass is 292 g/mol. The van der Waals surface area contributed by atoms with E-state index in [9.17, 15) is 4.79 Å². The van der Waals surface area contributed by atoms with Crippen molar-refractivity contribution in [2.75, 3.05) is 13.1 Å². The van der Waals surface area contributed by atoms with Crippen LogP contribution in [-0.4, -0.2) is 39.5 Å². The van der Waals surface area contributed by atoms with E-state index in [1.165, 1.54) is 5.69 Å². The summed E-state index contributed by atoms with van der Waals surface area (Å²) in [5, 5.41) is 3.61. The van der Waals surface area contributed by atoms with Crippen LogP contribution in [0.15, 0.2) is 12.5 Å². The maximum absolute atomic E-state index is 12.0. The van der Waals surface area contributed by atoms with Gasteiger partial charge in [-0.1, -0.05) is 20.8 Å². The van der Waals surface area contributed by atoms with Gasteiger partial charge in [0.15, 0.2) is 0 Å². The molecule has 1 amide bonds. The average molecular weight is 292 g/mol. The Bertz CT molecular complexity index is 447. The van der Waals surface area contributed by atoms with Crippen molar-refractivity contribution in [3.05, 3.63) is 18.2 Å². The molecular formula is C16H28N4O. The van der Waals surface area contributed by atoms with Crippen LogP contribution in [-0.2, 0) is 17.9 Å². The Hall–Kier alpha value is -1.36. The van der Waals surface area contributed by atoms with Gasteiger partial charge in [-0.25, -0.2) is 4.98 Å². The largest absolute Gasteiger partial charge is 0.342 e. The van der Waals surface area contributed by atoms with Crippen molar-refractivity contribution in [3.63, 3.8) is 0 Å². The molecule has 118 valence electrons. The highest BCUT2D eigenvalue weighted by Gasteiger charge is 2.23. The van der Waals surface area contributed by atoms with E-state index in [4.69, 9.17) is 0 Å². The molecule has 1 saturated heterocycles. The molecule has 1 aromatic heterocycles. The topological polar surface area (TPSA) is 50.2 Å². The van der Waals surface area contributed by atoms with E-state index >= 15 is 0 Å². The molecule has 0 radical (unpaired) electrons. The van der Waals surface area contributed by atoms with Crippen molar-refractivity contribution in [2.45, 2.75) is 59.2 Å². The van der Waals surface area contributed by atoms with Gasteiger partial charge >= 0.3 is 0 Å². The lowest BCUT2D eigenvalue weighted by molar-refractivity contribution is -0.135. The Balaban J connectivity index is 1.76. The van der Waals surface area contributed by atoms with Crippen LogP contribution in [0.2, 0.25) is 0 Å². The number of carbonyl (C=O) groups is 1. The lowest BCUT2D eigenvalue weighted by Crippen LogP contribution is -2.46. The van der Waals surface area contributed by atoms with Crippen LogP contribution >= 0.6 is 0 Å². The normalized spacial score (nSPS) is 16.7. The van der Waals surface area contributed by atoms with Crippen LogP contribution < -0.4 is 5.32 Å². The first-order valence-corrected chi connectivity index (χ1v) is 8.13. The number of nitrogens with one attached hydrogen (secondary N) is 1. The molecule has 5 heteroatoms. The van der Waals surface area contributed by atoms with Gasteiger partial charge in [0.2, 0.25) is 5.91 Å². The molecule has 0 spiro atoms. The van der Waals surface area contributed by atoms with Crippen LogP contribution in [0, 0.1) is 5.92 Å². The summed E-state index contributed by atoms with van der Waals surface area (Å²) < 4.78 is 2.21. The van der Waals surface area contributed by atoms with E-state index in [1.54, 1.807) is 0 Å². The molecule has 1 aromatic rings. The fraction of sp³-hybridized carbons (Fsp3) is 0.750. The predicted octanol–water partition coefficient (Wildman–Crippen LogP) is 2.03. The molecule has 0 bridgehead atoms. The van der Waals surface area contributed by atoms with E-state index in [0.717, 1.165) is 45.4 Å². The Morgan fingerprint density at radius 1 is 1.43 bits per heavy atom.